The van der Waals surface area contributed by atoms with Gasteiger partial charge in [-0.25, -0.2) is 0 Å². The lowest BCUT2D eigenvalue weighted by Gasteiger charge is -2.14. The van der Waals surface area contributed by atoms with Gasteiger partial charge in [0.2, 0.25) is 0 Å². The molecule has 0 bridgehead atoms. The molecule has 3 aromatic rings. The number of fused-ring (bicyclic) bond motifs is 3. The average molecular weight is 318 g/mol. The molecule has 0 heterocycles. The first-order valence-corrected chi connectivity index (χ1v) is 8.78. The van der Waals surface area contributed by atoms with Crippen LogP contribution in [0.3, 0.4) is 0 Å². The van der Waals surface area contributed by atoms with Crippen molar-refractivity contribution in [1.82, 2.24) is 0 Å². The molecular weight excluding hydrogens is 300 g/mol. The summed E-state index contributed by atoms with van der Waals surface area (Å²) in [6.45, 7) is 0. The van der Waals surface area contributed by atoms with Gasteiger partial charge in [0.05, 0.1) is 0 Å². The van der Waals surface area contributed by atoms with E-state index in [1.54, 1.807) is 0 Å². The maximum Gasteiger partial charge on any atom is -0.00637 e. The largest absolute Gasteiger partial charge is 0.0722 e. The van der Waals surface area contributed by atoms with Crippen LogP contribution in [-0.4, -0.2) is 0 Å². The van der Waals surface area contributed by atoms with E-state index in [2.05, 4.69) is 97.1 Å². The van der Waals surface area contributed by atoms with Gasteiger partial charge in [0.25, 0.3) is 0 Å². The molecule has 0 nitrogen and oxygen atoms in total. The lowest BCUT2D eigenvalue weighted by Crippen LogP contribution is -1.93. The van der Waals surface area contributed by atoms with E-state index in [0.29, 0.717) is 0 Å². The summed E-state index contributed by atoms with van der Waals surface area (Å²) < 4.78 is 0. The minimum Gasteiger partial charge on any atom is -0.0722 e. The van der Waals surface area contributed by atoms with Crippen molar-refractivity contribution in [2.24, 2.45) is 0 Å². The number of benzene rings is 3. The molecule has 0 aliphatic heterocycles. The van der Waals surface area contributed by atoms with Crippen LogP contribution in [0.25, 0.3) is 22.3 Å². The van der Waals surface area contributed by atoms with Gasteiger partial charge in [0.1, 0.15) is 0 Å². The highest BCUT2D eigenvalue weighted by Crippen LogP contribution is 2.46. The molecule has 118 valence electrons. The smallest absolute Gasteiger partial charge is 0.00637 e. The minimum absolute atomic E-state index is 0.971. The summed E-state index contributed by atoms with van der Waals surface area (Å²) >= 11 is 0. The quantitative estimate of drug-likeness (QED) is 0.375. The van der Waals surface area contributed by atoms with E-state index in [1.165, 1.54) is 44.5 Å². The van der Waals surface area contributed by atoms with Gasteiger partial charge in [0.15, 0.2) is 0 Å². The molecule has 0 amide bonds. The summed E-state index contributed by atoms with van der Waals surface area (Å²) in [5.74, 6) is 0. The van der Waals surface area contributed by atoms with Crippen LogP contribution in [0, 0.1) is 0 Å². The summed E-state index contributed by atoms with van der Waals surface area (Å²) in [4.78, 5) is 0. The van der Waals surface area contributed by atoms with Crippen molar-refractivity contribution in [2.45, 2.75) is 6.42 Å². The summed E-state index contributed by atoms with van der Waals surface area (Å²) in [6, 6.07) is 28.1. The number of hydrogen-bond donors (Lipinski definition) is 0. The topological polar surface area (TPSA) is 0 Å². The molecule has 0 saturated heterocycles. The van der Waals surface area contributed by atoms with Crippen molar-refractivity contribution in [1.29, 1.82) is 0 Å². The standard InChI is InChI=1S/C25H18/c1-2-8-18(9-3-1)19-14-16-20(17-15-19)25-23-12-6-4-10-21(23)22-11-5-7-13-24(22)25/h1-16H,17H2. The maximum absolute atomic E-state index is 2.35. The monoisotopic (exact) mass is 318 g/mol. The third kappa shape index (κ3) is 2.30. The van der Waals surface area contributed by atoms with Gasteiger partial charge in [-0.15, -0.1) is 0 Å². The molecule has 0 heteroatoms. The lowest BCUT2D eigenvalue weighted by molar-refractivity contribution is 1.27. The Balaban J connectivity index is 1.63. The van der Waals surface area contributed by atoms with E-state index >= 15 is 0 Å². The van der Waals surface area contributed by atoms with Crippen LogP contribution in [0.5, 0.6) is 0 Å². The molecule has 0 saturated carbocycles. The van der Waals surface area contributed by atoms with Gasteiger partial charge in [-0.3, -0.25) is 0 Å². The molecule has 25 heavy (non-hydrogen) atoms. The van der Waals surface area contributed by atoms with E-state index in [-0.39, 0.29) is 0 Å². The predicted octanol–water partition coefficient (Wildman–Crippen LogP) is 6.51. The summed E-state index contributed by atoms with van der Waals surface area (Å²) in [7, 11) is 0. The first-order chi connectivity index (χ1) is 12.4. The fraction of sp³-hybridized carbons (Fsp3) is 0.0400. The molecule has 5 rings (SSSR count). The van der Waals surface area contributed by atoms with Gasteiger partial charge in [-0.2, -0.15) is 0 Å². The van der Waals surface area contributed by atoms with Crippen molar-refractivity contribution in [3.63, 3.8) is 0 Å². The van der Waals surface area contributed by atoms with E-state index in [0.717, 1.165) is 6.42 Å². The van der Waals surface area contributed by atoms with Gasteiger partial charge < -0.3 is 0 Å². The van der Waals surface area contributed by atoms with Crippen LogP contribution in [-0.2, 0) is 0 Å². The molecule has 2 aliphatic carbocycles. The molecule has 2 aliphatic rings. The highest BCUT2D eigenvalue weighted by atomic mass is 14.3. The van der Waals surface area contributed by atoms with Crippen LogP contribution in [0.2, 0.25) is 0 Å². The molecule has 0 aromatic heterocycles. The zero-order valence-corrected chi connectivity index (χ0v) is 13.9. The van der Waals surface area contributed by atoms with E-state index in [4.69, 9.17) is 0 Å². The highest BCUT2D eigenvalue weighted by molar-refractivity contribution is 6.03. The first kappa shape index (κ1) is 14.2. The van der Waals surface area contributed by atoms with Crippen LogP contribution < -0.4 is 0 Å². The van der Waals surface area contributed by atoms with Crippen LogP contribution >= 0.6 is 0 Å². The van der Waals surface area contributed by atoms with Gasteiger partial charge in [-0.05, 0) is 51.0 Å². The molecule has 0 N–H and O–H groups in total. The van der Waals surface area contributed by atoms with Crippen LogP contribution in [0.1, 0.15) is 23.1 Å². The Morgan fingerprint density at radius 3 is 1.64 bits per heavy atom. The van der Waals surface area contributed by atoms with Crippen molar-refractivity contribution >= 4 is 11.1 Å². The number of hydrogen-bond acceptors (Lipinski definition) is 0. The average Bonchev–Trinajstić information content (AvgIpc) is 3.03. The van der Waals surface area contributed by atoms with E-state index < -0.39 is 0 Å². The molecule has 0 atom stereocenters. The van der Waals surface area contributed by atoms with Gasteiger partial charge in [-0.1, -0.05) is 97.1 Å². The SMILES string of the molecule is C1=CC(=C2c3ccccc3-c3ccccc32)CC=C1c1ccccc1. The third-order valence-corrected chi connectivity index (χ3v) is 5.12. The zero-order valence-electron chi connectivity index (χ0n) is 13.9. The fourth-order valence-corrected chi connectivity index (χ4v) is 3.94. The van der Waals surface area contributed by atoms with E-state index in [9.17, 15) is 0 Å². The van der Waals surface area contributed by atoms with Gasteiger partial charge >= 0.3 is 0 Å². The second-order valence-electron chi connectivity index (χ2n) is 6.55. The van der Waals surface area contributed by atoms with Crippen molar-refractivity contribution < 1.29 is 0 Å². The molecule has 0 radical (unpaired) electrons. The Labute approximate surface area is 148 Å². The number of rotatable bonds is 1. The molecular formula is C25H18. The van der Waals surface area contributed by atoms with Crippen LogP contribution in [0.4, 0.5) is 0 Å². The summed E-state index contributed by atoms with van der Waals surface area (Å²) in [6.07, 6.45) is 7.88. The normalized spacial score (nSPS) is 15.0. The van der Waals surface area contributed by atoms with E-state index in [1.807, 2.05) is 0 Å². The Morgan fingerprint density at radius 1 is 0.520 bits per heavy atom. The van der Waals surface area contributed by atoms with Crippen molar-refractivity contribution in [2.75, 3.05) is 0 Å². The van der Waals surface area contributed by atoms with Crippen molar-refractivity contribution in [3.8, 4) is 11.1 Å². The fourth-order valence-electron chi connectivity index (χ4n) is 3.94. The Morgan fingerprint density at radius 2 is 1.08 bits per heavy atom. The minimum atomic E-state index is 0.971. The highest BCUT2D eigenvalue weighted by Gasteiger charge is 2.24. The van der Waals surface area contributed by atoms with Gasteiger partial charge in [0, 0.05) is 0 Å². The molecule has 3 aromatic carbocycles. The second-order valence-corrected chi connectivity index (χ2v) is 6.55. The second kappa shape index (κ2) is 5.75. The zero-order chi connectivity index (χ0) is 16.6. The third-order valence-electron chi connectivity index (χ3n) is 5.12. The summed E-state index contributed by atoms with van der Waals surface area (Å²) in [5.41, 5.74) is 10.8. The molecule has 0 fully saturated rings. The van der Waals surface area contributed by atoms with Crippen molar-refractivity contribution in [3.05, 3.63) is 119 Å². The maximum atomic E-state index is 2.35. The molecule has 0 unspecified atom stereocenters. The summed E-state index contributed by atoms with van der Waals surface area (Å²) in [5, 5.41) is 0. The number of allylic oxidation sites excluding steroid dienone is 5. The Bertz CT molecular complexity index is 999. The lowest BCUT2D eigenvalue weighted by atomic mass is 9.90. The van der Waals surface area contributed by atoms with Crippen LogP contribution in [0.15, 0.2) is 103 Å². The predicted molar refractivity (Wildman–Crippen MR) is 106 cm³/mol. The Kier molecular flexibility index (Phi) is 3.28. The molecule has 0 spiro atoms. The first-order valence-electron chi connectivity index (χ1n) is 8.78. The Hall–Kier alpha value is -3.12.